The molecule has 4 nitrogen and oxygen atoms in total. The summed E-state index contributed by atoms with van der Waals surface area (Å²) in [5.74, 6) is 0.999. The molecule has 0 saturated carbocycles. The predicted octanol–water partition coefficient (Wildman–Crippen LogP) is 2.02. The van der Waals surface area contributed by atoms with Crippen LogP contribution in [0.4, 0.5) is 0 Å². The molecule has 0 aliphatic heterocycles. The summed E-state index contributed by atoms with van der Waals surface area (Å²) in [6.07, 6.45) is 5.22. The molecule has 1 N–H and O–H groups in total. The van der Waals surface area contributed by atoms with Crippen molar-refractivity contribution < 1.29 is 0 Å². The van der Waals surface area contributed by atoms with E-state index in [9.17, 15) is 0 Å². The van der Waals surface area contributed by atoms with E-state index in [4.69, 9.17) is 0 Å². The third-order valence-corrected chi connectivity index (χ3v) is 3.97. The molecule has 0 spiro atoms. The standard InChI is InChI=1S/C15H20N4/c1-11(15-18-16-10-19(15)2)17-14-8-7-12-5-3-4-6-13(12)9-14/h3-6,10-11,14,17H,7-9H2,1-2H3. The number of hydrogen-bond donors (Lipinski definition) is 1. The van der Waals surface area contributed by atoms with Gasteiger partial charge < -0.3 is 9.88 Å². The van der Waals surface area contributed by atoms with E-state index in [0.717, 1.165) is 12.2 Å². The van der Waals surface area contributed by atoms with E-state index in [-0.39, 0.29) is 6.04 Å². The number of aryl methyl sites for hydroxylation is 2. The van der Waals surface area contributed by atoms with E-state index in [1.165, 1.54) is 24.0 Å². The summed E-state index contributed by atoms with van der Waals surface area (Å²) in [5.41, 5.74) is 2.99. The average Bonchev–Trinajstić information content (AvgIpc) is 2.85. The fourth-order valence-corrected chi connectivity index (χ4v) is 2.95. The Balaban J connectivity index is 1.68. The van der Waals surface area contributed by atoms with Crippen LogP contribution in [-0.2, 0) is 19.9 Å². The van der Waals surface area contributed by atoms with E-state index >= 15 is 0 Å². The summed E-state index contributed by atoms with van der Waals surface area (Å²) in [6.45, 7) is 2.16. The van der Waals surface area contributed by atoms with Crippen LogP contribution in [-0.4, -0.2) is 20.8 Å². The first-order valence-electron chi connectivity index (χ1n) is 6.91. The molecule has 0 bridgehead atoms. The van der Waals surface area contributed by atoms with Crippen molar-refractivity contribution in [2.75, 3.05) is 0 Å². The molecule has 4 heteroatoms. The lowest BCUT2D eigenvalue weighted by Crippen LogP contribution is -2.37. The fraction of sp³-hybridized carbons (Fsp3) is 0.467. The van der Waals surface area contributed by atoms with E-state index < -0.39 is 0 Å². The molecule has 1 aliphatic carbocycles. The molecule has 100 valence electrons. The molecule has 0 saturated heterocycles. The van der Waals surface area contributed by atoms with E-state index in [1.807, 2.05) is 11.6 Å². The molecule has 1 aromatic heterocycles. The van der Waals surface area contributed by atoms with Gasteiger partial charge in [-0.15, -0.1) is 10.2 Å². The van der Waals surface area contributed by atoms with Gasteiger partial charge in [-0.25, -0.2) is 0 Å². The number of aromatic nitrogens is 3. The molecule has 1 aromatic carbocycles. The van der Waals surface area contributed by atoms with Gasteiger partial charge in [0.25, 0.3) is 0 Å². The van der Waals surface area contributed by atoms with Crippen LogP contribution < -0.4 is 5.32 Å². The second-order valence-electron chi connectivity index (χ2n) is 5.40. The van der Waals surface area contributed by atoms with Crippen molar-refractivity contribution >= 4 is 0 Å². The van der Waals surface area contributed by atoms with Gasteiger partial charge in [-0.1, -0.05) is 24.3 Å². The number of nitrogens with zero attached hydrogens (tertiary/aromatic N) is 3. The minimum absolute atomic E-state index is 0.239. The van der Waals surface area contributed by atoms with Gasteiger partial charge in [-0.05, 0) is 37.3 Å². The average molecular weight is 256 g/mol. The molecular weight excluding hydrogens is 236 g/mol. The maximum atomic E-state index is 4.18. The summed E-state index contributed by atoms with van der Waals surface area (Å²) in [7, 11) is 1.99. The van der Waals surface area contributed by atoms with Crippen molar-refractivity contribution in [1.29, 1.82) is 0 Å². The SMILES string of the molecule is CC(NC1CCc2ccccc2C1)c1nncn1C. The van der Waals surface area contributed by atoms with Gasteiger partial charge in [0.05, 0.1) is 6.04 Å². The number of hydrogen-bond acceptors (Lipinski definition) is 3. The van der Waals surface area contributed by atoms with Crippen molar-refractivity contribution in [3.63, 3.8) is 0 Å². The first kappa shape index (κ1) is 12.4. The second kappa shape index (κ2) is 5.13. The van der Waals surface area contributed by atoms with Crippen molar-refractivity contribution in [1.82, 2.24) is 20.1 Å². The predicted molar refractivity (Wildman–Crippen MR) is 74.8 cm³/mol. The van der Waals surface area contributed by atoms with Crippen molar-refractivity contribution in [2.45, 2.75) is 38.3 Å². The third-order valence-electron chi connectivity index (χ3n) is 3.97. The lowest BCUT2D eigenvalue weighted by Gasteiger charge is -2.28. The summed E-state index contributed by atoms with van der Waals surface area (Å²) in [5, 5.41) is 11.8. The molecule has 0 fully saturated rings. The van der Waals surface area contributed by atoms with Crippen LogP contribution >= 0.6 is 0 Å². The molecule has 19 heavy (non-hydrogen) atoms. The van der Waals surface area contributed by atoms with Crippen LogP contribution in [0.3, 0.4) is 0 Å². The van der Waals surface area contributed by atoms with Gasteiger partial charge in [-0.2, -0.15) is 0 Å². The van der Waals surface area contributed by atoms with E-state index in [2.05, 4.69) is 46.7 Å². The molecule has 2 aromatic rings. The van der Waals surface area contributed by atoms with Gasteiger partial charge in [0.1, 0.15) is 12.2 Å². The Bertz CT molecular complexity index is 561. The Labute approximate surface area is 113 Å². The van der Waals surface area contributed by atoms with Crippen molar-refractivity contribution in [3.05, 3.63) is 47.5 Å². The molecule has 2 unspecified atom stereocenters. The number of rotatable bonds is 3. The fourth-order valence-electron chi connectivity index (χ4n) is 2.95. The smallest absolute Gasteiger partial charge is 0.149 e. The lowest BCUT2D eigenvalue weighted by atomic mass is 9.88. The Hall–Kier alpha value is -1.68. The van der Waals surface area contributed by atoms with Crippen LogP contribution in [0.1, 0.15) is 36.3 Å². The van der Waals surface area contributed by atoms with E-state index in [0.29, 0.717) is 6.04 Å². The largest absolute Gasteiger partial charge is 0.319 e. The highest BCUT2D eigenvalue weighted by atomic mass is 15.3. The first-order chi connectivity index (χ1) is 9.24. The third kappa shape index (κ3) is 2.54. The monoisotopic (exact) mass is 256 g/mol. The van der Waals surface area contributed by atoms with Crippen LogP contribution in [0.2, 0.25) is 0 Å². The summed E-state index contributed by atoms with van der Waals surface area (Å²) < 4.78 is 1.98. The molecule has 0 radical (unpaired) electrons. The van der Waals surface area contributed by atoms with Crippen LogP contribution in [0, 0.1) is 0 Å². The Morgan fingerprint density at radius 2 is 2.11 bits per heavy atom. The highest BCUT2D eigenvalue weighted by Gasteiger charge is 2.21. The normalized spacial score (nSPS) is 20.0. The number of benzene rings is 1. The summed E-state index contributed by atoms with van der Waals surface area (Å²) >= 11 is 0. The van der Waals surface area contributed by atoms with Gasteiger partial charge in [0.15, 0.2) is 0 Å². The van der Waals surface area contributed by atoms with Crippen molar-refractivity contribution in [2.24, 2.45) is 7.05 Å². The van der Waals surface area contributed by atoms with Crippen molar-refractivity contribution in [3.8, 4) is 0 Å². The van der Waals surface area contributed by atoms with Crippen LogP contribution in [0.5, 0.6) is 0 Å². The topological polar surface area (TPSA) is 42.7 Å². The molecule has 3 rings (SSSR count). The highest BCUT2D eigenvalue weighted by Crippen LogP contribution is 2.22. The molecule has 1 aliphatic rings. The highest BCUT2D eigenvalue weighted by molar-refractivity contribution is 5.30. The zero-order valence-electron chi connectivity index (χ0n) is 11.5. The number of nitrogens with one attached hydrogen (secondary N) is 1. The van der Waals surface area contributed by atoms with Crippen LogP contribution in [0.15, 0.2) is 30.6 Å². The molecule has 0 amide bonds. The Kier molecular flexibility index (Phi) is 3.34. The molecular formula is C15H20N4. The Morgan fingerprint density at radius 3 is 2.84 bits per heavy atom. The van der Waals surface area contributed by atoms with E-state index in [1.54, 1.807) is 6.33 Å². The quantitative estimate of drug-likeness (QED) is 0.913. The van der Waals surface area contributed by atoms with Gasteiger partial charge in [0, 0.05) is 13.1 Å². The lowest BCUT2D eigenvalue weighted by molar-refractivity contribution is 0.399. The number of fused-ring (bicyclic) bond motifs is 1. The summed E-state index contributed by atoms with van der Waals surface area (Å²) in [6, 6.07) is 9.53. The zero-order chi connectivity index (χ0) is 13.2. The minimum Gasteiger partial charge on any atom is -0.319 e. The Morgan fingerprint density at radius 1 is 1.32 bits per heavy atom. The van der Waals surface area contributed by atoms with Gasteiger partial charge in [-0.3, -0.25) is 0 Å². The maximum Gasteiger partial charge on any atom is 0.149 e. The maximum absolute atomic E-state index is 4.18. The van der Waals surface area contributed by atoms with Gasteiger partial charge >= 0.3 is 0 Å². The summed E-state index contributed by atoms with van der Waals surface area (Å²) in [4.78, 5) is 0. The molecule has 1 heterocycles. The first-order valence-corrected chi connectivity index (χ1v) is 6.91. The van der Waals surface area contributed by atoms with Crippen LogP contribution in [0.25, 0.3) is 0 Å². The zero-order valence-corrected chi connectivity index (χ0v) is 11.5. The minimum atomic E-state index is 0.239. The van der Waals surface area contributed by atoms with Gasteiger partial charge in [0.2, 0.25) is 0 Å². The second-order valence-corrected chi connectivity index (χ2v) is 5.40. The molecule has 2 atom stereocenters.